The molecule has 2 heterocycles. The summed E-state index contributed by atoms with van der Waals surface area (Å²) >= 11 is 0. The third-order valence-electron chi connectivity index (χ3n) is 3.03. The van der Waals surface area contributed by atoms with Crippen molar-refractivity contribution < 1.29 is 4.52 Å². The largest absolute Gasteiger partial charge is 0.360 e. The molecule has 2 aromatic heterocycles. The zero-order valence-electron chi connectivity index (χ0n) is 12.7. The number of aryl methyl sites for hydroxylation is 2. The SMILES string of the molecule is Cc1cc(Nc2cc(C)on2)nc(Nc2ccccc2C#N)n1. The van der Waals surface area contributed by atoms with Gasteiger partial charge in [0.25, 0.3) is 0 Å². The van der Waals surface area contributed by atoms with Crippen LogP contribution < -0.4 is 10.6 Å². The van der Waals surface area contributed by atoms with Gasteiger partial charge in [-0.2, -0.15) is 10.2 Å². The number of hydrogen-bond acceptors (Lipinski definition) is 7. The maximum Gasteiger partial charge on any atom is 0.229 e. The normalized spacial score (nSPS) is 10.1. The Bertz CT molecular complexity index is 880. The molecule has 0 saturated heterocycles. The highest BCUT2D eigenvalue weighted by Gasteiger charge is 2.07. The van der Waals surface area contributed by atoms with E-state index in [1.807, 2.05) is 19.9 Å². The molecule has 23 heavy (non-hydrogen) atoms. The van der Waals surface area contributed by atoms with Crippen molar-refractivity contribution in [3.05, 3.63) is 53.4 Å². The van der Waals surface area contributed by atoms with E-state index in [4.69, 9.17) is 9.78 Å². The van der Waals surface area contributed by atoms with Crippen LogP contribution in [0, 0.1) is 25.2 Å². The summed E-state index contributed by atoms with van der Waals surface area (Å²) in [6.45, 7) is 3.68. The fourth-order valence-corrected chi connectivity index (χ4v) is 2.06. The molecule has 0 unspecified atom stereocenters. The molecule has 114 valence electrons. The zero-order valence-corrected chi connectivity index (χ0v) is 12.7. The van der Waals surface area contributed by atoms with Crippen LogP contribution in [0.4, 0.5) is 23.3 Å². The number of benzene rings is 1. The summed E-state index contributed by atoms with van der Waals surface area (Å²) in [5.41, 5.74) is 1.96. The number of hydrogen-bond donors (Lipinski definition) is 2. The number of nitriles is 1. The van der Waals surface area contributed by atoms with Crippen LogP contribution in [0.1, 0.15) is 17.0 Å². The first-order chi connectivity index (χ1) is 11.1. The smallest absolute Gasteiger partial charge is 0.229 e. The minimum absolute atomic E-state index is 0.399. The van der Waals surface area contributed by atoms with Crippen LogP contribution in [0.5, 0.6) is 0 Å². The molecule has 0 fully saturated rings. The Morgan fingerprint density at radius 2 is 1.87 bits per heavy atom. The average molecular weight is 306 g/mol. The Morgan fingerprint density at radius 1 is 1.04 bits per heavy atom. The molecule has 3 rings (SSSR count). The van der Waals surface area contributed by atoms with Crippen LogP contribution in [0.15, 0.2) is 40.9 Å². The lowest BCUT2D eigenvalue weighted by atomic mass is 10.2. The number of anilines is 4. The molecular formula is C16H14N6O. The quantitative estimate of drug-likeness (QED) is 0.761. The van der Waals surface area contributed by atoms with E-state index < -0.39 is 0 Å². The molecule has 0 aliphatic heterocycles. The fourth-order valence-electron chi connectivity index (χ4n) is 2.06. The van der Waals surface area contributed by atoms with Gasteiger partial charge in [0.1, 0.15) is 17.6 Å². The van der Waals surface area contributed by atoms with E-state index >= 15 is 0 Å². The van der Waals surface area contributed by atoms with Crippen molar-refractivity contribution in [2.24, 2.45) is 0 Å². The maximum atomic E-state index is 9.14. The second-order valence-corrected chi connectivity index (χ2v) is 4.95. The lowest BCUT2D eigenvalue weighted by Gasteiger charge is -2.09. The number of aromatic nitrogens is 3. The summed E-state index contributed by atoms with van der Waals surface area (Å²) in [5, 5.41) is 19.1. The standard InChI is InChI=1S/C16H14N6O/c1-10-7-14(20-15-8-11(2)23-22-15)21-16(18-10)19-13-6-4-3-5-12(13)9-17/h3-8H,1-2H3,(H2,18,19,20,21,22). The van der Waals surface area contributed by atoms with Gasteiger partial charge in [0.15, 0.2) is 5.82 Å². The molecule has 0 bridgehead atoms. The van der Waals surface area contributed by atoms with E-state index in [-0.39, 0.29) is 0 Å². The lowest BCUT2D eigenvalue weighted by Crippen LogP contribution is -2.03. The second-order valence-electron chi connectivity index (χ2n) is 4.95. The molecular weight excluding hydrogens is 292 g/mol. The van der Waals surface area contributed by atoms with Gasteiger partial charge in [-0.1, -0.05) is 17.3 Å². The van der Waals surface area contributed by atoms with Crippen LogP contribution in [0.3, 0.4) is 0 Å². The van der Waals surface area contributed by atoms with Crippen LogP contribution in [0.25, 0.3) is 0 Å². The van der Waals surface area contributed by atoms with Gasteiger partial charge in [0.2, 0.25) is 5.95 Å². The van der Waals surface area contributed by atoms with E-state index in [0.29, 0.717) is 34.6 Å². The predicted octanol–water partition coefficient (Wildman–Crippen LogP) is 3.44. The van der Waals surface area contributed by atoms with Crippen LogP contribution in [-0.4, -0.2) is 15.1 Å². The molecule has 0 saturated carbocycles. The zero-order chi connectivity index (χ0) is 16.2. The number of rotatable bonds is 4. The first kappa shape index (κ1) is 14.5. The van der Waals surface area contributed by atoms with E-state index in [1.54, 1.807) is 30.3 Å². The Balaban J connectivity index is 1.87. The molecule has 0 atom stereocenters. The molecule has 2 N–H and O–H groups in total. The molecule has 0 radical (unpaired) electrons. The van der Waals surface area contributed by atoms with Crippen LogP contribution in [0.2, 0.25) is 0 Å². The van der Waals surface area contributed by atoms with Gasteiger partial charge in [-0.15, -0.1) is 0 Å². The molecule has 3 aromatic rings. The molecule has 0 aliphatic carbocycles. The van der Waals surface area contributed by atoms with Gasteiger partial charge < -0.3 is 15.2 Å². The highest BCUT2D eigenvalue weighted by atomic mass is 16.5. The van der Waals surface area contributed by atoms with Crippen molar-refractivity contribution in [3.8, 4) is 6.07 Å². The third-order valence-corrected chi connectivity index (χ3v) is 3.03. The van der Waals surface area contributed by atoms with E-state index in [9.17, 15) is 0 Å². The topological polar surface area (TPSA) is 99.7 Å². The van der Waals surface area contributed by atoms with Gasteiger partial charge in [-0.3, -0.25) is 0 Å². The van der Waals surface area contributed by atoms with Gasteiger partial charge >= 0.3 is 0 Å². The number of nitrogens with zero attached hydrogens (tertiary/aromatic N) is 4. The van der Waals surface area contributed by atoms with Crippen LogP contribution >= 0.6 is 0 Å². The Labute approximate surface area is 133 Å². The summed E-state index contributed by atoms with van der Waals surface area (Å²) in [6.07, 6.45) is 0. The number of para-hydroxylation sites is 1. The monoisotopic (exact) mass is 306 g/mol. The summed E-state index contributed by atoms with van der Waals surface area (Å²) in [4.78, 5) is 8.72. The molecule has 0 amide bonds. The van der Waals surface area contributed by atoms with E-state index in [0.717, 1.165) is 5.69 Å². The van der Waals surface area contributed by atoms with Gasteiger partial charge in [0, 0.05) is 17.8 Å². The summed E-state index contributed by atoms with van der Waals surface area (Å²) in [5.74, 6) is 2.27. The lowest BCUT2D eigenvalue weighted by molar-refractivity contribution is 0.400. The maximum absolute atomic E-state index is 9.14. The van der Waals surface area contributed by atoms with Crippen molar-refractivity contribution >= 4 is 23.3 Å². The average Bonchev–Trinajstić information content (AvgIpc) is 2.92. The molecule has 1 aromatic carbocycles. The van der Waals surface area contributed by atoms with Crippen molar-refractivity contribution in [2.45, 2.75) is 13.8 Å². The van der Waals surface area contributed by atoms with Crippen molar-refractivity contribution in [3.63, 3.8) is 0 Å². The Morgan fingerprint density at radius 3 is 2.61 bits per heavy atom. The molecule has 0 spiro atoms. The summed E-state index contributed by atoms with van der Waals surface area (Å²) in [6, 6.07) is 12.9. The second kappa shape index (κ2) is 6.15. The van der Waals surface area contributed by atoms with E-state index in [2.05, 4.69) is 31.8 Å². The van der Waals surface area contributed by atoms with Crippen molar-refractivity contribution in [1.29, 1.82) is 5.26 Å². The molecule has 0 aliphatic rings. The summed E-state index contributed by atoms with van der Waals surface area (Å²) in [7, 11) is 0. The highest BCUT2D eigenvalue weighted by Crippen LogP contribution is 2.21. The third kappa shape index (κ3) is 3.44. The minimum Gasteiger partial charge on any atom is -0.360 e. The van der Waals surface area contributed by atoms with Gasteiger partial charge in [0.05, 0.1) is 11.3 Å². The minimum atomic E-state index is 0.399. The first-order valence-electron chi connectivity index (χ1n) is 6.96. The fraction of sp³-hybridized carbons (Fsp3) is 0.125. The summed E-state index contributed by atoms with van der Waals surface area (Å²) < 4.78 is 5.02. The van der Waals surface area contributed by atoms with Crippen molar-refractivity contribution in [2.75, 3.05) is 10.6 Å². The van der Waals surface area contributed by atoms with Gasteiger partial charge in [-0.25, -0.2) is 4.98 Å². The van der Waals surface area contributed by atoms with Gasteiger partial charge in [-0.05, 0) is 26.0 Å². The van der Waals surface area contributed by atoms with Crippen molar-refractivity contribution in [1.82, 2.24) is 15.1 Å². The highest BCUT2D eigenvalue weighted by molar-refractivity contribution is 5.64. The number of nitrogens with one attached hydrogen (secondary N) is 2. The molecule has 7 heteroatoms. The van der Waals surface area contributed by atoms with E-state index in [1.165, 1.54) is 0 Å². The predicted molar refractivity (Wildman–Crippen MR) is 85.7 cm³/mol. The Kier molecular flexibility index (Phi) is 3.89. The van der Waals surface area contributed by atoms with Crippen LogP contribution in [-0.2, 0) is 0 Å². The molecule has 7 nitrogen and oxygen atoms in total. The Hall–Kier alpha value is -3.40. The first-order valence-corrected chi connectivity index (χ1v) is 6.96.